The highest BCUT2D eigenvalue weighted by Crippen LogP contribution is 2.41. The van der Waals surface area contributed by atoms with Gasteiger partial charge in [-0.15, -0.1) is 0 Å². The smallest absolute Gasteiger partial charge is 0.165 e. The van der Waals surface area contributed by atoms with Crippen LogP contribution in [0, 0.1) is 5.82 Å². The van der Waals surface area contributed by atoms with Gasteiger partial charge in [0.1, 0.15) is 23.9 Å². The molecule has 1 aliphatic rings. The molecule has 5 atom stereocenters. The number of halogens is 2. The summed E-state index contributed by atoms with van der Waals surface area (Å²) in [4.78, 5) is 0. The molecule has 0 unspecified atom stereocenters. The van der Waals surface area contributed by atoms with Gasteiger partial charge in [0.05, 0.1) is 19.3 Å². The van der Waals surface area contributed by atoms with E-state index in [0.29, 0.717) is 40.3 Å². The molecule has 0 bridgehead atoms. The Morgan fingerprint density at radius 3 is 2.47 bits per heavy atom. The molecule has 3 N–H and O–H groups in total. The summed E-state index contributed by atoms with van der Waals surface area (Å²) in [5, 5.41) is 31.8. The van der Waals surface area contributed by atoms with E-state index in [9.17, 15) is 19.7 Å². The van der Waals surface area contributed by atoms with Gasteiger partial charge in [-0.2, -0.15) is 0 Å². The molecule has 0 saturated carbocycles. The SMILES string of the molecule is CCOc1ccc(Cc2cc([C@]3(C)O[C@H](C)[C@@H](O)[C@H](O)[C@H]3O)c(COC)cc2Cl)cc1F. The molecule has 2 aromatic rings. The Labute approximate surface area is 192 Å². The van der Waals surface area contributed by atoms with Gasteiger partial charge in [0, 0.05) is 12.1 Å². The van der Waals surface area contributed by atoms with E-state index in [-0.39, 0.29) is 12.4 Å². The van der Waals surface area contributed by atoms with Crippen molar-refractivity contribution >= 4 is 11.6 Å². The van der Waals surface area contributed by atoms with Gasteiger partial charge in [-0.25, -0.2) is 4.39 Å². The summed E-state index contributed by atoms with van der Waals surface area (Å²) < 4.78 is 30.9. The number of hydrogen-bond acceptors (Lipinski definition) is 6. The third-order valence-corrected chi connectivity index (χ3v) is 6.30. The largest absolute Gasteiger partial charge is 0.491 e. The van der Waals surface area contributed by atoms with Crippen LogP contribution in [0.1, 0.15) is 43.0 Å². The third kappa shape index (κ3) is 4.78. The van der Waals surface area contributed by atoms with Crippen LogP contribution in [0.3, 0.4) is 0 Å². The van der Waals surface area contributed by atoms with E-state index in [0.717, 1.165) is 0 Å². The summed E-state index contributed by atoms with van der Waals surface area (Å²) in [7, 11) is 1.54. The van der Waals surface area contributed by atoms with Crippen molar-refractivity contribution in [2.75, 3.05) is 13.7 Å². The van der Waals surface area contributed by atoms with Crippen LogP contribution in [0.2, 0.25) is 5.02 Å². The van der Waals surface area contributed by atoms with Gasteiger partial charge >= 0.3 is 0 Å². The van der Waals surface area contributed by atoms with Gasteiger partial charge in [-0.05, 0) is 67.6 Å². The summed E-state index contributed by atoms with van der Waals surface area (Å²) in [5.41, 5.74) is 1.31. The first-order valence-electron chi connectivity index (χ1n) is 10.6. The average molecular weight is 469 g/mol. The van der Waals surface area contributed by atoms with Crippen LogP contribution < -0.4 is 4.74 Å². The molecule has 1 fully saturated rings. The number of rotatable bonds is 7. The number of aliphatic hydroxyl groups is 3. The van der Waals surface area contributed by atoms with Crippen molar-refractivity contribution in [2.24, 2.45) is 0 Å². The molecule has 0 amide bonds. The number of hydrogen-bond donors (Lipinski definition) is 3. The first kappa shape index (κ1) is 24.9. The molecular formula is C24H30ClFO6. The number of aliphatic hydroxyl groups excluding tert-OH is 3. The zero-order chi connectivity index (χ0) is 23.6. The van der Waals surface area contributed by atoms with Crippen molar-refractivity contribution in [1.82, 2.24) is 0 Å². The van der Waals surface area contributed by atoms with E-state index < -0.39 is 35.8 Å². The predicted octanol–water partition coefficient (Wildman–Crippen LogP) is 3.33. The van der Waals surface area contributed by atoms with Crippen molar-refractivity contribution in [2.45, 2.75) is 63.8 Å². The molecule has 32 heavy (non-hydrogen) atoms. The number of methoxy groups -OCH3 is 1. The van der Waals surface area contributed by atoms with Crippen LogP contribution in [0.25, 0.3) is 0 Å². The van der Waals surface area contributed by atoms with Gasteiger partial charge in [-0.1, -0.05) is 23.7 Å². The molecule has 0 aliphatic carbocycles. The maximum absolute atomic E-state index is 14.3. The Hall–Kier alpha value is -1.74. The van der Waals surface area contributed by atoms with E-state index in [1.807, 2.05) is 0 Å². The Bertz CT molecular complexity index is 954. The Morgan fingerprint density at radius 1 is 1.12 bits per heavy atom. The van der Waals surface area contributed by atoms with Crippen molar-refractivity contribution in [3.05, 3.63) is 63.4 Å². The zero-order valence-corrected chi connectivity index (χ0v) is 19.4. The normalized spacial score (nSPS) is 28.0. The molecule has 8 heteroatoms. The zero-order valence-electron chi connectivity index (χ0n) is 18.6. The molecule has 0 spiro atoms. The number of ether oxygens (including phenoxy) is 3. The third-order valence-electron chi connectivity index (χ3n) is 5.95. The van der Waals surface area contributed by atoms with Crippen LogP contribution >= 0.6 is 11.6 Å². The summed E-state index contributed by atoms with van der Waals surface area (Å²) in [6.07, 6.45) is -4.38. The second-order valence-corrected chi connectivity index (χ2v) is 8.67. The minimum atomic E-state index is -1.39. The van der Waals surface area contributed by atoms with Gasteiger partial charge < -0.3 is 29.5 Å². The first-order valence-corrected chi connectivity index (χ1v) is 10.9. The Balaban J connectivity index is 2.03. The summed E-state index contributed by atoms with van der Waals surface area (Å²) in [5.74, 6) is -0.271. The van der Waals surface area contributed by atoms with E-state index in [1.54, 1.807) is 45.0 Å². The van der Waals surface area contributed by atoms with Gasteiger partial charge in [0.2, 0.25) is 0 Å². The van der Waals surface area contributed by atoms with E-state index in [4.69, 9.17) is 25.8 Å². The molecule has 1 aliphatic heterocycles. The molecule has 1 saturated heterocycles. The van der Waals surface area contributed by atoms with Crippen molar-refractivity contribution in [1.29, 1.82) is 0 Å². The van der Waals surface area contributed by atoms with Crippen LogP contribution in [0.5, 0.6) is 5.75 Å². The minimum absolute atomic E-state index is 0.186. The fourth-order valence-corrected chi connectivity index (χ4v) is 4.47. The Morgan fingerprint density at radius 2 is 1.84 bits per heavy atom. The van der Waals surface area contributed by atoms with Crippen molar-refractivity contribution in [3.8, 4) is 5.75 Å². The molecular weight excluding hydrogens is 439 g/mol. The van der Waals surface area contributed by atoms with E-state index in [2.05, 4.69) is 0 Å². The highest BCUT2D eigenvalue weighted by Gasteiger charge is 2.51. The highest BCUT2D eigenvalue weighted by molar-refractivity contribution is 6.31. The fraction of sp³-hybridized carbons (Fsp3) is 0.500. The lowest BCUT2D eigenvalue weighted by molar-refractivity contribution is -0.263. The molecule has 2 aromatic carbocycles. The van der Waals surface area contributed by atoms with E-state index in [1.165, 1.54) is 13.2 Å². The highest BCUT2D eigenvalue weighted by atomic mass is 35.5. The minimum Gasteiger partial charge on any atom is -0.491 e. The molecule has 0 radical (unpaired) electrons. The van der Waals surface area contributed by atoms with Crippen LogP contribution in [-0.4, -0.2) is 53.5 Å². The molecule has 1 heterocycles. The second-order valence-electron chi connectivity index (χ2n) is 8.26. The van der Waals surface area contributed by atoms with Crippen LogP contribution in [-0.2, 0) is 28.1 Å². The standard InChI is InChI=1S/C24H30ClFO6/c1-5-31-20-7-6-14(9-19(20)26)8-15-10-17(16(12-30-4)11-18(15)25)24(3)23(29)22(28)21(27)13(2)32-24/h6-7,9-11,13,21-23,27-29H,5,8,12H2,1-4H3/t13-,21-,22+,23-,24+/m1/s1. The average Bonchev–Trinajstić information content (AvgIpc) is 2.75. The summed E-state index contributed by atoms with van der Waals surface area (Å²) in [6, 6.07) is 8.26. The lowest BCUT2D eigenvalue weighted by Crippen LogP contribution is -2.61. The maximum atomic E-state index is 14.3. The first-order chi connectivity index (χ1) is 15.1. The van der Waals surface area contributed by atoms with Gasteiger partial charge in [0.15, 0.2) is 11.6 Å². The van der Waals surface area contributed by atoms with Gasteiger partial charge in [-0.3, -0.25) is 0 Å². The molecule has 3 rings (SSSR count). The fourth-order valence-electron chi connectivity index (χ4n) is 4.22. The molecule has 6 nitrogen and oxygen atoms in total. The monoisotopic (exact) mass is 468 g/mol. The van der Waals surface area contributed by atoms with Gasteiger partial charge in [0.25, 0.3) is 0 Å². The van der Waals surface area contributed by atoms with Crippen LogP contribution in [0.4, 0.5) is 4.39 Å². The van der Waals surface area contributed by atoms with Crippen LogP contribution in [0.15, 0.2) is 30.3 Å². The van der Waals surface area contributed by atoms with Crippen molar-refractivity contribution in [3.63, 3.8) is 0 Å². The van der Waals surface area contributed by atoms with E-state index >= 15 is 0 Å². The predicted molar refractivity (Wildman–Crippen MR) is 118 cm³/mol. The molecule has 176 valence electrons. The molecule has 0 aromatic heterocycles. The topological polar surface area (TPSA) is 88.4 Å². The number of benzene rings is 2. The lowest BCUT2D eigenvalue weighted by Gasteiger charge is -2.47. The summed E-state index contributed by atoms with van der Waals surface area (Å²) in [6.45, 7) is 5.65. The summed E-state index contributed by atoms with van der Waals surface area (Å²) >= 11 is 6.54. The lowest BCUT2D eigenvalue weighted by atomic mass is 9.78. The quantitative estimate of drug-likeness (QED) is 0.577. The van der Waals surface area contributed by atoms with Crippen molar-refractivity contribution < 1.29 is 33.9 Å². The second kappa shape index (κ2) is 10.0. The maximum Gasteiger partial charge on any atom is 0.165 e. The Kier molecular flexibility index (Phi) is 7.81.